The number of nitrogens with two attached hydrogens (primary N) is 1. The van der Waals surface area contributed by atoms with Crippen molar-refractivity contribution in [1.82, 2.24) is 5.32 Å². The molecule has 0 spiro atoms. The molecule has 17 heavy (non-hydrogen) atoms. The van der Waals surface area contributed by atoms with Gasteiger partial charge in [-0.1, -0.05) is 38.1 Å². The van der Waals surface area contributed by atoms with Crippen molar-refractivity contribution in [2.45, 2.75) is 39.3 Å². The molecule has 92 valence electrons. The third-order valence-corrected chi connectivity index (χ3v) is 3.54. The quantitative estimate of drug-likeness (QED) is 0.828. The summed E-state index contributed by atoms with van der Waals surface area (Å²) in [6, 6.07) is 8.19. The highest BCUT2D eigenvalue weighted by Gasteiger charge is 2.46. The molecule has 0 bridgehead atoms. The van der Waals surface area contributed by atoms with Gasteiger partial charge in [-0.25, -0.2) is 0 Å². The molecule has 0 saturated heterocycles. The molecule has 1 saturated carbocycles. The highest BCUT2D eigenvalue weighted by molar-refractivity contribution is 5.79. The fourth-order valence-corrected chi connectivity index (χ4v) is 2.06. The first kappa shape index (κ1) is 12.1. The molecular weight excluding hydrogens is 212 g/mol. The first-order chi connectivity index (χ1) is 8.03. The maximum atomic E-state index is 11.9. The zero-order valence-electron chi connectivity index (χ0n) is 10.5. The summed E-state index contributed by atoms with van der Waals surface area (Å²) in [6.45, 7) is 4.83. The van der Waals surface area contributed by atoms with Crippen LogP contribution in [0.4, 0.5) is 0 Å². The minimum absolute atomic E-state index is 0.0986. The number of benzene rings is 1. The summed E-state index contributed by atoms with van der Waals surface area (Å²) in [7, 11) is 0. The van der Waals surface area contributed by atoms with Crippen LogP contribution in [0.25, 0.3) is 0 Å². The van der Waals surface area contributed by atoms with E-state index in [1.54, 1.807) is 0 Å². The molecule has 1 amide bonds. The van der Waals surface area contributed by atoms with Crippen LogP contribution < -0.4 is 11.1 Å². The van der Waals surface area contributed by atoms with Gasteiger partial charge in [0.15, 0.2) is 0 Å². The molecule has 0 aliphatic heterocycles. The number of rotatable bonds is 4. The van der Waals surface area contributed by atoms with Crippen molar-refractivity contribution >= 4 is 5.91 Å². The summed E-state index contributed by atoms with van der Waals surface area (Å²) in [4.78, 5) is 11.9. The average Bonchev–Trinajstić information content (AvgIpc) is 2.86. The third kappa shape index (κ3) is 2.86. The van der Waals surface area contributed by atoms with Crippen LogP contribution in [-0.4, -0.2) is 11.9 Å². The maximum Gasteiger partial charge on any atom is 0.224 e. The maximum absolute atomic E-state index is 11.9. The molecule has 3 nitrogen and oxygen atoms in total. The predicted octanol–water partition coefficient (Wildman–Crippen LogP) is 1.60. The van der Waals surface area contributed by atoms with Crippen LogP contribution in [0.3, 0.4) is 0 Å². The molecule has 1 atom stereocenters. The van der Waals surface area contributed by atoms with E-state index in [1.165, 1.54) is 0 Å². The SMILES string of the molecule is CC1(C)CC1NC(=O)Cc1ccccc1CN. The van der Waals surface area contributed by atoms with Gasteiger partial charge in [0.05, 0.1) is 6.42 Å². The average molecular weight is 232 g/mol. The minimum atomic E-state index is 0.0986. The molecule has 0 heterocycles. The smallest absolute Gasteiger partial charge is 0.224 e. The van der Waals surface area contributed by atoms with E-state index in [9.17, 15) is 4.79 Å². The number of hydrogen-bond acceptors (Lipinski definition) is 2. The van der Waals surface area contributed by atoms with E-state index in [1.807, 2.05) is 24.3 Å². The van der Waals surface area contributed by atoms with Crippen LogP contribution in [0, 0.1) is 5.41 Å². The lowest BCUT2D eigenvalue weighted by Crippen LogP contribution is -2.30. The van der Waals surface area contributed by atoms with Crippen LogP contribution in [0.1, 0.15) is 31.4 Å². The minimum Gasteiger partial charge on any atom is -0.353 e. The Morgan fingerprint density at radius 3 is 2.53 bits per heavy atom. The second kappa shape index (κ2) is 4.49. The van der Waals surface area contributed by atoms with Gasteiger partial charge in [0.2, 0.25) is 5.91 Å². The molecule has 3 heteroatoms. The Hall–Kier alpha value is -1.35. The molecule has 2 rings (SSSR count). The Kier molecular flexibility index (Phi) is 3.20. The number of carbonyl (C=O) groups is 1. The number of hydrogen-bond donors (Lipinski definition) is 2. The first-order valence-corrected chi connectivity index (χ1v) is 6.09. The van der Waals surface area contributed by atoms with E-state index in [2.05, 4.69) is 19.2 Å². The fourth-order valence-electron chi connectivity index (χ4n) is 2.06. The Morgan fingerprint density at radius 1 is 1.41 bits per heavy atom. The third-order valence-electron chi connectivity index (χ3n) is 3.54. The van der Waals surface area contributed by atoms with E-state index in [0.29, 0.717) is 19.0 Å². The molecule has 1 aliphatic rings. The number of nitrogens with one attached hydrogen (secondary N) is 1. The lowest BCUT2D eigenvalue weighted by Gasteiger charge is -2.09. The molecular formula is C14H20N2O. The van der Waals surface area contributed by atoms with Gasteiger partial charge < -0.3 is 11.1 Å². The largest absolute Gasteiger partial charge is 0.353 e. The highest BCUT2D eigenvalue weighted by Crippen LogP contribution is 2.44. The molecule has 0 aromatic heterocycles. The fraction of sp³-hybridized carbons (Fsp3) is 0.500. The van der Waals surface area contributed by atoms with Crippen molar-refractivity contribution in [1.29, 1.82) is 0 Å². The molecule has 1 aromatic carbocycles. The van der Waals surface area contributed by atoms with Crippen LogP contribution in [0.2, 0.25) is 0 Å². The summed E-state index contributed by atoms with van der Waals surface area (Å²) in [6.07, 6.45) is 1.51. The van der Waals surface area contributed by atoms with Crippen LogP contribution in [0.5, 0.6) is 0 Å². The normalized spacial score (nSPS) is 21.0. The molecule has 1 unspecified atom stereocenters. The van der Waals surface area contributed by atoms with Crippen molar-refractivity contribution in [2.24, 2.45) is 11.1 Å². The van der Waals surface area contributed by atoms with Gasteiger partial charge in [-0.2, -0.15) is 0 Å². The van der Waals surface area contributed by atoms with Crippen molar-refractivity contribution in [3.05, 3.63) is 35.4 Å². The second-order valence-electron chi connectivity index (χ2n) is 5.46. The van der Waals surface area contributed by atoms with Crippen molar-refractivity contribution in [3.63, 3.8) is 0 Å². The second-order valence-corrected chi connectivity index (χ2v) is 5.46. The number of carbonyl (C=O) groups excluding carboxylic acids is 1. The zero-order chi connectivity index (χ0) is 12.5. The Bertz CT molecular complexity index is 426. The topological polar surface area (TPSA) is 55.1 Å². The molecule has 1 fully saturated rings. The zero-order valence-corrected chi connectivity index (χ0v) is 10.5. The van der Waals surface area contributed by atoms with E-state index in [-0.39, 0.29) is 11.3 Å². The van der Waals surface area contributed by atoms with Crippen molar-refractivity contribution < 1.29 is 4.79 Å². The van der Waals surface area contributed by atoms with Gasteiger partial charge in [-0.3, -0.25) is 4.79 Å². The first-order valence-electron chi connectivity index (χ1n) is 6.09. The van der Waals surface area contributed by atoms with Gasteiger partial charge in [0.25, 0.3) is 0 Å². The van der Waals surface area contributed by atoms with Gasteiger partial charge in [0, 0.05) is 12.6 Å². The molecule has 3 N–H and O–H groups in total. The van der Waals surface area contributed by atoms with Crippen LogP contribution in [-0.2, 0) is 17.8 Å². The van der Waals surface area contributed by atoms with E-state index in [4.69, 9.17) is 5.73 Å². The number of amides is 1. The summed E-state index contributed by atoms with van der Waals surface area (Å²) in [5.74, 6) is 0.0986. The summed E-state index contributed by atoms with van der Waals surface area (Å²) in [5, 5.41) is 3.06. The lowest BCUT2D eigenvalue weighted by atomic mass is 10.0. The van der Waals surface area contributed by atoms with Gasteiger partial charge in [0.1, 0.15) is 0 Å². The Morgan fingerprint density at radius 2 is 2.00 bits per heavy atom. The predicted molar refractivity (Wildman–Crippen MR) is 68.4 cm³/mol. The monoisotopic (exact) mass is 232 g/mol. The van der Waals surface area contributed by atoms with Crippen LogP contribution in [0.15, 0.2) is 24.3 Å². The van der Waals surface area contributed by atoms with Crippen molar-refractivity contribution in [3.8, 4) is 0 Å². The van der Waals surface area contributed by atoms with Gasteiger partial charge in [-0.15, -0.1) is 0 Å². The summed E-state index contributed by atoms with van der Waals surface area (Å²) in [5.41, 5.74) is 8.02. The van der Waals surface area contributed by atoms with Crippen molar-refractivity contribution in [2.75, 3.05) is 0 Å². The highest BCUT2D eigenvalue weighted by atomic mass is 16.1. The van der Waals surface area contributed by atoms with E-state index >= 15 is 0 Å². The molecule has 1 aliphatic carbocycles. The Balaban J connectivity index is 1.94. The van der Waals surface area contributed by atoms with E-state index < -0.39 is 0 Å². The van der Waals surface area contributed by atoms with Crippen LogP contribution >= 0.6 is 0 Å². The standard InChI is InChI=1S/C14H20N2O/c1-14(2)8-12(14)16-13(17)7-10-5-3-4-6-11(10)9-15/h3-6,12H,7-9,15H2,1-2H3,(H,16,17). The molecule has 1 aromatic rings. The van der Waals surface area contributed by atoms with E-state index in [0.717, 1.165) is 17.5 Å². The lowest BCUT2D eigenvalue weighted by molar-refractivity contribution is -0.120. The molecule has 0 radical (unpaired) electrons. The van der Waals surface area contributed by atoms with Gasteiger partial charge in [-0.05, 0) is 23.0 Å². The summed E-state index contributed by atoms with van der Waals surface area (Å²) >= 11 is 0. The summed E-state index contributed by atoms with van der Waals surface area (Å²) < 4.78 is 0. The Labute approximate surface area is 102 Å². The van der Waals surface area contributed by atoms with Gasteiger partial charge >= 0.3 is 0 Å².